The quantitative estimate of drug-likeness (QED) is 0.780. The second kappa shape index (κ2) is 6.68. The zero-order chi connectivity index (χ0) is 13.0. The lowest BCUT2D eigenvalue weighted by Crippen LogP contribution is -2.45. The molecule has 0 aromatic rings. The first-order valence-corrected chi connectivity index (χ1v) is 9.50. The minimum Gasteiger partial charge on any atom is -0.202 e. The Labute approximate surface area is 119 Å². The number of rotatable bonds is 5. The number of piperidine rings is 1. The molecule has 0 spiro atoms. The number of nitrogens with one attached hydrogen (secondary N) is 1. The van der Waals surface area contributed by atoms with Crippen LogP contribution >= 0.6 is 15.9 Å². The molecular weight excluding hydrogens is 316 g/mol. The highest BCUT2D eigenvalue weighted by molar-refractivity contribution is 9.09. The van der Waals surface area contributed by atoms with Gasteiger partial charge in [0.15, 0.2) is 0 Å². The van der Waals surface area contributed by atoms with Crippen LogP contribution in [-0.2, 0) is 10.2 Å². The van der Waals surface area contributed by atoms with E-state index in [1.807, 2.05) is 0 Å². The predicted molar refractivity (Wildman–Crippen MR) is 77.0 cm³/mol. The number of hydrogen-bond acceptors (Lipinski definition) is 2. The molecule has 2 fully saturated rings. The van der Waals surface area contributed by atoms with Crippen molar-refractivity contribution in [2.75, 3.05) is 25.0 Å². The van der Waals surface area contributed by atoms with Gasteiger partial charge in [0.25, 0.3) is 10.2 Å². The topological polar surface area (TPSA) is 49.4 Å². The number of nitrogens with zero attached hydrogens (tertiary/aromatic N) is 1. The van der Waals surface area contributed by atoms with E-state index in [0.717, 1.165) is 31.0 Å². The molecule has 106 valence electrons. The SMILES string of the molecule is O=S(=O)(NCC1CCCC1CBr)N1CCCCC1. The van der Waals surface area contributed by atoms with Crippen LogP contribution in [0.4, 0.5) is 0 Å². The van der Waals surface area contributed by atoms with Crippen LogP contribution < -0.4 is 4.72 Å². The highest BCUT2D eigenvalue weighted by Crippen LogP contribution is 2.32. The van der Waals surface area contributed by atoms with Crippen molar-refractivity contribution in [3.05, 3.63) is 0 Å². The van der Waals surface area contributed by atoms with E-state index in [-0.39, 0.29) is 0 Å². The van der Waals surface area contributed by atoms with Gasteiger partial charge in [-0.25, -0.2) is 4.72 Å². The van der Waals surface area contributed by atoms with Gasteiger partial charge in [-0.1, -0.05) is 28.8 Å². The fourth-order valence-electron chi connectivity index (χ4n) is 2.99. The van der Waals surface area contributed by atoms with Crippen molar-refractivity contribution in [3.8, 4) is 0 Å². The normalized spacial score (nSPS) is 30.7. The van der Waals surface area contributed by atoms with Crippen LogP contribution in [0.15, 0.2) is 0 Å². The molecule has 0 radical (unpaired) electrons. The summed E-state index contributed by atoms with van der Waals surface area (Å²) in [5, 5.41) is 0.989. The van der Waals surface area contributed by atoms with Crippen molar-refractivity contribution in [2.24, 2.45) is 11.8 Å². The summed E-state index contributed by atoms with van der Waals surface area (Å²) >= 11 is 3.53. The summed E-state index contributed by atoms with van der Waals surface area (Å²) < 4.78 is 28.7. The molecule has 1 aliphatic carbocycles. The minimum atomic E-state index is -3.23. The van der Waals surface area contributed by atoms with E-state index in [4.69, 9.17) is 0 Å². The van der Waals surface area contributed by atoms with Crippen molar-refractivity contribution in [1.82, 2.24) is 9.03 Å². The van der Waals surface area contributed by atoms with Gasteiger partial charge < -0.3 is 0 Å². The average Bonchev–Trinajstić information content (AvgIpc) is 2.85. The summed E-state index contributed by atoms with van der Waals surface area (Å²) in [6.07, 6.45) is 6.75. The third-order valence-corrected chi connectivity index (χ3v) is 6.61. The molecule has 0 amide bonds. The Kier molecular flexibility index (Phi) is 5.47. The Bertz CT molecular complexity index is 355. The molecule has 1 saturated carbocycles. The van der Waals surface area contributed by atoms with Crippen LogP contribution in [0.5, 0.6) is 0 Å². The highest BCUT2D eigenvalue weighted by Gasteiger charge is 2.29. The summed E-state index contributed by atoms with van der Waals surface area (Å²) in [5.41, 5.74) is 0. The van der Waals surface area contributed by atoms with E-state index in [1.54, 1.807) is 4.31 Å². The summed E-state index contributed by atoms with van der Waals surface area (Å²) in [6.45, 7) is 1.97. The van der Waals surface area contributed by atoms with E-state index >= 15 is 0 Å². The monoisotopic (exact) mass is 338 g/mol. The van der Waals surface area contributed by atoms with Gasteiger partial charge in [-0.3, -0.25) is 0 Å². The van der Waals surface area contributed by atoms with E-state index < -0.39 is 10.2 Å². The Morgan fingerprint density at radius 3 is 2.39 bits per heavy atom. The average molecular weight is 339 g/mol. The summed E-state index contributed by atoms with van der Waals surface area (Å²) in [6, 6.07) is 0. The molecule has 18 heavy (non-hydrogen) atoms. The molecular formula is C12H23BrN2O2S. The molecule has 2 aliphatic rings. The molecule has 1 heterocycles. The first-order chi connectivity index (χ1) is 8.63. The van der Waals surface area contributed by atoms with E-state index in [2.05, 4.69) is 20.7 Å². The molecule has 1 aliphatic heterocycles. The van der Waals surface area contributed by atoms with Gasteiger partial charge in [0.05, 0.1) is 0 Å². The van der Waals surface area contributed by atoms with Crippen molar-refractivity contribution >= 4 is 26.1 Å². The van der Waals surface area contributed by atoms with Crippen molar-refractivity contribution in [3.63, 3.8) is 0 Å². The molecule has 0 bridgehead atoms. The first kappa shape index (κ1) is 14.8. The lowest BCUT2D eigenvalue weighted by atomic mass is 9.99. The Morgan fingerprint density at radius 2 is 1.72 bits per heavy atom. The van der Waals surface area contributed by atoms with Gasteiger partial charge in [0.1, 0.15) is 0 Å². The summed E-state index contributed by atoms with van der Waals surface area (Å²) in [7, 11) is -3.23. The molecule has 1 N–H and O–H groups in total. The molecule has 2 unspecified atom stereocenters. The zero-order valence-electron chi connectivity index (χ0n) is 10.8. The maximum Gasteiger partial charge on any atom is 0.279 e. The third-order valence-electron chi connectivity index (χ3n) is 4.20. The third kappa shape index (κ3) is 3.68. The largest absolute Gasteiger partial charge is 0.279 e. The van der Waals surface area contributed by atoms with Crippen LogP contribution in [0.1, 0.15) is 38.5 Å². The summed E-state index contributed by atoms with van der Waals surface area (Å²) in [5.74, 6) is 1.14. The lowest BCUT2D eigenvalue weighted by Gasteiger charge is -2.27. The Balaban J connectivity index is 1.84. The van der Waals surface area contributed by atoms with Crippen LogP contribution in [0.2, 0.25) is 0 Å². The van der Waals surface area contributed by atoms with E-state index in [9.17, 15) is 8.42 Å². The van der Waals surface area contributed by atoms with Gasteiger partial charge in [-0.15, -0.1) is 0 Å². The molecule has 4 nitrogen and oxygen atoms in total. The second-order valence-electron chi connectivity index (χ2n) is 5.42. The van der Waals surface area contributed by atoms with Crippen molar-refractivity contribution in [1.29, 1.82) is 0 Å². The Hall–Kier alpha value is 0.350. The molecule has 6 heteroatoms. The maximum absolute atomic E-state index is 12.1. The number of hydrogen-bond donors (Lipinski definition) is 1. The molecule has 1 saturated heterocycles. The van der Waals surface area contributed by atoms with Crippen LogP contribution in [0.25, 0.3) is 0 Å². The highest BCUT2D eigenvalue weighted by atomic mass is 79.9. The molecule has 0 aromatic carbocycles. The van der Waals surface area contributed by atoms with Gasteiger partial charge in [-0.2, -0.15) is 12.7 Å². The smallest absolute Gasteiger partial charge is 0.202 e. The van der Waals surface area contributed by atoms with Crippen LogP contribution in [0, 0.1) is 11.8 Å². The maximum atomic E-state index is 12.1. The van der Waals surface area contributed by atoms with E-state index in [0.29, 0.717) is 31.5 Å². The second-order valence-corrected chi connectivity index (χ2v) is 7.82. The van der Waals surface area contributed by atoms with Crippen molar-refractivity contribution < 1.29 is 8.42 Å². The summed E-state index contributed by atoms with van der Waals surface area (Å²) in [4.78, 5) is 0. The van der Waals surface area contributed by atoms with Gasteiger partial charge in [0, 0.05) is 25.0 Å². The molecule has 2 atom stereocenters. The Morgan fingerprint density at radius 1 is 1.06 bits per heavy atom. The van der Waals surface area contributed by atoms with Gasteiger partial charge >= 0.3 is 0 Å². The van der Waals surface area contributed by atoms with Crippen LogP contribution in [-0.4, -0.2) is 37.7 Å². The van der Waals surface area contributed by atoms with Crippen molar-refractivity contribution in [2.45, 2.75) is 38.5 Å². The van der Waals surface area contributed by atoms with Crippen LogP contribution in [0.3, 0.4) is 0 Å². The molecule has 2 rings (SSSR count). The first-order valence-electron chi connectivity index (χ1n) is 6.94. The lowest BCUT2D eigenvalue weighted by molar-refractivity contribution is 0.336. The predicted octanol–water partition coefficient (Wildman–Crippen LogP) is 2.12. The number of alkyl halides is 1. The molecule has 0 aromatic heterocycles. The fourth-order valence-corrected chi connectivity index (χ4v) is 5.19. The zero-order valence-corrected chi connectivity index (χ0v) is 13.2. The minimum absolute atomic E-state index is 0.504. The number of halogens is 1. The standard InChI is InChI=1S/C12H23BrN2O2S/c13-9-11-5-4-6-12(11)10-14-18(16,17)15-7-2-1-3-8-15/h11-12,14H,1-10H2. The van der Waals surface area contributed by atoms with Gasteiger partial charge in [0.2, 0.25) is 0 Å². The van der Waals surface area contributed by atoms with Gasteiger partial charge in [-0.05, 0) is 37.5 Å². The van der Waals surface area contributed by atoms with E-state index in [1.165, 1.54) is 12.8 Å². The fraction of sp³-hybridized carbons (Fsp3) is 1.00.